The largest absolute Gasteiger partial charge is 0.466 e. The second-order valence-corrected chi connectivity index (χ2v) is 5.03. The molecule has 1 aliphatic carbocycles. The Morgan fingerprint density at radius 2 is 2.21 bits per heavy atom. The zero-order chi connectivity index (χ0) is 10.8. The molecule has 0 radical (unpaired) electrons. The van der Waals surface area contributed by atoms with E-state index in [1.807, 2.05) is 13.8 Å². The van der Waals surface area contributed by atoms with Crippen LogP contribution in [0.3, 0.4) is 0 Å². The van der Waals surface area contributed by atoms with Crippen molar-refractivity contribution in [2.45, 2.75) is 47.0 Å². The van der Waals surface area contributed by atoms with Crippen molar-refractivity contribution in [2.24, 2.45) is 17.3 Å². The standard InChI is InChI=1S/C12H22O2/c1-5-14-11(13)9(2)10-7-6-8-12(10,3)4/h9-10H,5-8H2,1-4H3. The molecule has 1 aliphatic rings. The van der Waals surface area contributed by atoms with Crippen LogP contribution in [0, 0.1) is 17.3 Å². The van der Waals surface area contributed by atoms with Crippen molar-refractivity contribution in [3.05, 3.63) is 0 Å². The smallest absolute Gasteiger partial charge is 0.308 e. The van der Waals surface area contributed by atoms with Gasteiger partial charge in [-0.1, -0.05) is 27.2 Å². The summed E-state index contributed by atoms with van der Waals surface area (Å²) in [6, 6.07) is 0. The van der Waals surface area contributed by atoms with Crippen molar-refractivity contribution in [2.75, 3.05) is 6.61 Å². The highest BCUT2D eigenvalue weighted by atomic mass is 16.5. The van der Waals surface area contributed by atoms with Gasteiger partial charge in [0, 0.05) is 0 Å². The third-order valence-electron chi connectivity index (χ3n) is 3.60. The average Bonchev–Trinajstić information content (AvgIpc) is 2.44. The molecule has 0 amide bonds. The molecule has 0 heterocycles. The van der Waals surface area contributed by atoms with Crippen molar-refractivity contribution in [3.63, 3.8) is 0 Å². The van der Waals surface area contributed by atoms with Crippen LogP contribution in [0.25, 0.3) is 0 Å². The van der Waals surface area contributed by atoms with E-state index >= 15 is 0 Å². The van der Waals surface area contributed by atoms with E-state index in [0.717, 1.165) is 0 Å². The number of rotatable bonds is 3. The molecule has 2 nitrogen and oxygen atoms in total. The molecule has 0 aliphatic heterocycles. The molecule has 0 bridgehead atoms. The van der Waals surface area contributed by atoms with Crippen LogP contribution in [-0.4, -0.2) is 12.6 Å². The molecule has 1 fully saturated rings. The van der Waals surface area contributed by atoms with Gasteiger partial charge in [-0.3, -0.25) is 4.79 Å². The Hall–Kier alpha value is -0.530. The van der Waals surface area contributed by atoms with Crippen LogP contribution in [0.4, 0.5) is 0 Å². The summed E-state index contributed by atoms with van der Waals surface area (Å²) in [5.41, 5.74) is 0.312. The van der Waals surface area contributed by atoms with Crippen molar-refractivity contribution >= 4 is 5.97 Å². The molecule has 0 saturated heterocycles. The summed E-state index contributed by atoms with van der Waals surface area (Å²) in [7, 11) is 0. The third kappa shape index (κ3) is 2.28. The number of ether oxygens (including phenoxy) is 1. The first-order chi connectivity index (χ1) is 6.49. The maximum Gasteiger partial charge on any atom is 0.308 e. The van der Waals surface area contributed by atoms with Crippen LogP contribution >= 0.6 is 0 Å². The first kappa shape index (κ1) is 11.5. The molecule has 1 rings (SSSR count). The fourth-order valence-electron chi connectivity index (χ4n) is 2.72. The fraction of sp³-hybridized carbons (Fsp3) is 0.917. The lowest BCUT2D eigenvalue weighted by molar-refractivity contribution is -0.150. The topological polar surface area (TPSA) is 26.3 Å². The number of hydrogen-bond donors (Lipinski definition) is 0. The first-order valence-electron chi connectivity index (χ1n) is 5.65. The van der Waals surface area contributed by atoms with Gasteiger partial charge in [0.1, 0.15) is 0 Å². The van der Waals surface area contributed by atoms with Crippen molar-refractivity contribution in [1.29, 1.82) is 0 Å². The second-order valence-electron chi connectivity index (χ2n) is 5.03. The fourth-order valence-corrected chi connectivity index (χ4v) is 2.72. The number of esters is 1. The number of carbonyl (C=O) groups is 1. The molecule has 14 heavy (non-hydrogen) atoms. The van der Waals surface area contributed by atoms with Gasteiger partial charge in [-0.05, 0) is 31.1 Å². The lowest BCUT2D eigenvalue weighted by atomic mass is 9.75. The van der Waals surface area contributed by atoms with E-state index < -0.39 is 0 Å². The number of hydrogen-bond acceptors (Lipinski definition) is 2. The van der Waals surface area contributed by atoms with Crippen LogP contribution < -0.4 is 0 Å². The monoisotopic (exact) mass is 198 g/mol. The molecule has 0 spiro atoms. The van der Waals surface area contributed by atoms with Crippen LogP contribution in [0.15, 0.2) is 0 Å². The molecular weight excluding hydrogens is 176 g/mol. The average molecular weight is 198 g/mol. The molecule has 0 aromatic heterocycles. The van der Waals surface area contributed by atoms with Gasteiger partial charge >= 0.3 is 5.97 Å². The summed E-state index contributed by atoms with van der Waals surface area (Å²) < 4.78 is 5.07. The van der Waals surface area contributed by atoms with Crippen LogP contribution in [0.1, 0.15) is 47.0 Å². The van der Waals surface area contributed by atoms with E-state index in [1.165, 1.54) is 19.3 Å². The SMILES string of the molecule is CCOC(=O)C(C)C1CCCC1(C)C. The minimum atomic E-state index is -0.0209. The van der Waals surface area contributed by atoms with E-state index in [-0.39, 0.29) is 11.9 Å². The molecule has 0 N–H and O–H groups in total. The lowest BCUT2D eigenvalue weighted by Gasteiger charge is -2.30. The Balaban J connectivity index is 2.60. The Bertz CT molecular complexity index is 208. The summed E-state index contributed by atoms with van der Waals surface area (Å²) in [5.74, 6) is 0.543. The van der Waals surface area contributed by atoms with Crippen molar-refractivity contribution in [3.8, 4) is 0 Å². The first-order valence-corrected chi connectivity index (χ1v) is 5.65. The van der Waals surface area contributed by atoms with Gasteiger partial charge in [0.2, 0.25) is 0 Å². The molecule has 82 valence electrons. The summed E-state index contributed by atoms with van der Waals surface area (Å²) in [5, 5.41) is 0. The van der Waals surface area contributed by atoms with Gasteiger partial charge in [-0.25, -0.2) is 0 Å². The Morgan fingerprint density at radius 3 is 2.64 bits per heavy atom. The molecule has 0 aromatic carbocycles. The van der Waals surface area contributed by atoms with Gasteiger partial charge in [-0.15, -0.1) is 0 Å². The van der Waals surface area contributed by atoms with Crippen LogP contribution in [-0.2, 0) is 9.53 Å². The highest BCUT2D eigenvalue weighted by molar-refractivity contribution is 5.72. The predicted molar refractivity (Wildman–Crippen MR) is 56.9 cm³/mol. The minimum absolute atomic E-state index is 0.0209. The van der Waals surface area contributed by atoms with E-state index in [4.69, 9.17) is 4.74 Å². The summed E-state index contributed by atoms with van der Waals surface area (Å²) in [6.07, 6.45) is 3.66. The molecule has 2 unspecified atom stereocenters. The van der Waals surface area contributed by atoms with E-state index in [9.17, 15) is 4.79 Å². The molecular formula is C12H22O2. The maximum absolute atomic E-state index is 11.6. The lowest BCUT2D eigenvalue weighted by Crippen LogP contribution is -2.30. The van der Waals surface area contributed by atoms with E-state index in [0.29, 0.717) is 17.9 Å². The molecule has 2 heteroatoms. The zero-order valence-corrected chi connectivity index (χ0v) is 9.80. The third-order valence-corrected chi connectivity index (χ3v) is 3.60. The minimum Gasteiger partial charge on any atom is -0.466 e. The maximum atomic E-state index is 11.6. The van der Waals surface area contributed by atoms with E-state index in [2.05, 4.69) is 13.8 Å². The molecule has 0 aromatic rings. The molecule has 2 atom stereocenters. The Kier molecular flexibility index (Phi) is 3.57. The summed E-state index contributed by atoms with van der Waals surface area (Å²) >= 11 is 0. The van der Waals surface area contributed by atoms with Gasteiger partial charge in [0.05, 0.1) is 12.5 Å². The quantitative estimate of drug-likeness (QED) is 0.652. The Morgan fingerprint density at radius 1 is 1.57 bits per heavy atom. The van der Waals surface area contributed by atoms with Crippen molar-refractivity contribution in [1.82, 2.24) is 0 Å². The van der Waals surface area contributed by atoms with Crippen LogP contribution in [0.2, 0.25) is 0 Å². The summed E-state index contributed by atoms with van der Waals surface area (Å²) in [4.78, 5) is 11.6. The number of carbonyl (C=O) groups excluding carboxylic acids is 1. The Labute approximate surface area is 87.0 Å². The van der Waals surface area contributed by atoms with Crippen molar-refractivity contribution < 1.29 is 9.53 Å². The van der Waals surface area contributed by atoms with Crippen LogP contribution in [0.5, 0.6) is 0 Å². The van der Waals surface area contributed by atoms with Gasteiger partial charge in [-0.2, -0.15) is 0 Å². The zero-order valence-electron chi connectivity index (χ0n) is 9.80. The second kappa shape index (κ2) is 4.33. The normalized spacial score (nSPS) is 27.3. The highest BCUT2D eigenvalue weighted by Gasteiger charge is 2.40. The van der Waals surface area contributed by atoms with E-state index in [1.54, 1.807) is 0 Å². The van der Waals surface area contributed by atoms with Gasteiger partial charge in [0.15, 0.2) is 0 Å². The predicted octanol–water partition coefficient (Wildman–Crippen LogP) is 3.01. The highest BCUT2D eigenvalue weighted by Crippen LogP contribution is 2.46. The van der Waals surface area contributed by atoms with Gasteiger partial charge in [0.25, 0.3) is 0 Å². The molecule has 1 saturated carbocycles. The van der Waals surface area contributed by atoms with Gasteiger partial charge < -0.3 is 4.74 Å². The summed E-state index contributed by atoms with van der Waals surface area (Å²) in [6.45, 7) is 8.90.